The van der Waals surface area contributed by atoms with Gasteiger partial charge < -0.3 is 26.4 Å². The fourth-order valence-corrected chi connectivity index (χ4v) is 2.33. The second-order valence-electron chi connectivity index (χ2n) is 6.03. The predicted molar refractivity (Wildman–Crippen MR) is 95.5 cm³/mol. The van der Waals surface area contributed by atoms with Gasteiger partial charge in [0.2, 0.25) is 0 Å². The first-order valence-corrected chi connectivity index (χ1v) is 8.11. The number of rotatable bonds is 8. The molecule has 0 bridgehead atoms. The standard InChI is InChI=1S/C19H22N2O5/c20-16(9-12-1-5-14(22)6-2-12)18(24)11-26-19(25)17(21)10-13-3-7-15(23)8-4-13/h1-8,16-17,22-23H,9-11,20-21H2. The minimum atomic E-state index is -0.916. The van der Waals surface area contributed by atoms with E-state index >= 15 is 0 Å². The lowest BCUT2D eigenvalue weighted by Gasteiger charge is -2.14. The lowest BCUT2D eigenvalue weighted by atomic mass is 10.0. The molecule has 2 atom stereocenters. The van der Waals surface area contributed by atoms with Crippen molar-refractivity contribution in [2.24, 2.45) is 11.5 Å². The Morgan fingerprint density at radius 2 is 1.23 bits per heavy atom. The van der Waals surface area contributed by atoms with E-state index in [-0.39, 0.29) is 24.3 Å². The fraction of sp³-hybridized carbons (Fsp3) is 0.263. The van der Waals surface area contributed by atoms with Gasteiger partial charge in [0.05, 0.1) is 6.04 Å². The van der Waals surface area contributed by atoms with Crippen LogP contribution < -0.4 is 11.5 Å². The van der Waals surface area contributed by atoms with Crippen LogP contribution in [-0.4, -0.2) is 40.7 Å². The Bertz CT molecular complexity index is 678. The highest BCUT2D eigenvalue weighted by molar-refractivity contribution is 5.87. The van der Waals surface area contributed by atoms with Gasteiger partial charge in [0.25, 0.3) is 0 Å². The molecule has 0 radical (unpaired) electrons. The number of phenols is 2. The smallest absolute Gasteiger partial charge is 0.323 e. The van der Waals surface area contributed by atoms with Gasteiger partial charge in [-0.2, -0.15) is 0 Å². The normalized spacial score (nSPS) is 13.0. The van der Waals surface area contributed by atoms with E-state index in [1.807, 2.05) is 0 Å². The van der Waals surface area contributed by atoms with Crippen molar-refractivity contribution < 1.29 is 24.5 Å². The molecule has 26 heavy (non-hydrogen) atoms. The van der Waals surface area contributed by atoms with Gasteiger partial charge in [0.15, 0.2) is 12.4 Å². The van der Waals surface area contributed by atoms with Crippen LogP contribution in [0.4, 0.5) is 0 Å². The molecule has 0 saturated carbocycles. The van der Waals surface area contributed by atoms with E-state index in [1.54, 1.807) is 24.3 Å². The highest BCUT2D eigenvalue weighted by atomic mass is 16.5. The number of aromatic hydroxyl groups is 2. The Hall–Kier alpha value is -2.90. The first-order valence-electron chi connectivity index (χ1n) is 8.11. The van der Waals surface area contributed by atoms with Crippen LogP contribution in [0.3, 0.4) is 0 Å². The molecule has 2 aromatic rings. The van der Waals surface area contributed by atoms with Crippen molar-refractivity contribution in [2.45, 2.75) is 24.9 Å². The SMILES string of the molecule is NC(Cc1ccc(O)cc1)C(=O)COC(=O)C(N)Cc1ccc(O)cc1. The van der Waals surface area contributed by atoms with Crippen LogP contribution in [0, 0.1) is 0 Å². The number of hydrogen-bond acceptors (Lipinski definition) is 7. The molecule has 6 N–H and O–H groups in total. The minimum absolute atomic E-state index is 0.123. The summed E-state index contributed by atoms with van der Waals surface area (Å²) in [6.07, 6.45) is 0.503. The summed E-state index contributed by atoms with van der Waals surface area (Å²) in [7, 11) is 0. The van der Waals surface area contributed by atoms with E-state index in [0.717, 1.165) is 11.1 Å². The monoisotopic (exact) mass is 358 g/mol. The van der Waals surface area contributed by atoms with Gasteiger partial charge in [0, 0.05) is 0 Å². The summed E-state index contributed by atoms with van der Waals surface area (Å²) in [6.45, 7) is -0.443. The van der Waals surface area contributed by atoms with Crippen LogP contribution in [0.2, 0.25) is 0 Å². The van der Waals surface area contributed by atoms with E-state index in [1.165, 1.54) is 24.3 Å². The molecule has 7 heteroatoms. The van der Waals surface area contributed by atoms with Crippen molar-refractivity contribution in [1.29, 1.82) is 0 Å². The Morgan fingerprint density at radius 1 is 0.808 bits per heavy atom. The highest BCUT2D eigenvalue weighted by Crippen LogP contribution is 2.12. The van der Waals surface area contributed by atoms with E-state index in [2.05, 4.69) is 0 Å². The van der Waals surface area contributed by atoms with E-state index < -0.39 is 30.4 Å². The first-order chi connectivity index (χ1) is 12.3. The van der Waals surface area contributed by atoms with Crippen LogP contribution in [0.5, 0.6) is 11.5 Å². The number of carbonyl (C=O) groups is 2. The lowest BCUT2D eigenvalue weighted by Crippen LogP contribution is -2.39. The largest absolute Gasteiger partial charge is 0.508 e. The Morgan fingerprint density at radius 3 is 1.69 bits per heavy atom. The molecular weight excluding hydrogens is 336 g/mol. The molecule has 0 heterocycles. The number of esters is 1. The van der Waals surface area contributed by atoms with Crippen LogP contribution in [0.15, 0.2) is 48.5 Å². The summed E-state index contributed by atoms with van der Waals surface area (Å²) >= 11 is 0. The predicted octanol–water partition coefficient (Wildman–Crippen LogP) is 0.650. The van der Waals surface area contributed by atoms with Crippen molar-refractivity contribution in [1.82, 2.24) is 0 Å². The molecule has 0 aliphatic heterocycles. The van der Waals surface area contributed by atoms with Crippen LogP contribution in [0.25, 0.3) is 0 Å². The van der Waals surface area contributed by atoms with Crippen LogP contribution in [0.1, 0.15) is 11.1 Å². The van der Waals surface area contributed by atoms with Crippen molar-refractivity contribution in [3.8, 4) is 11.5 Å². The average molecular weight is 358 g/mol. The summed E-state index contributed by atoms with van der Waals surface area (Å²) < 4.78 is 4.96. The fourth-order valence-electron chi connectivity index (χ4n) is 2.33. The summed E-state index contributed by atoms with van der Waals surface area (Å²) in [4.78, 5) is 23.9. The van der Waals surface area contributed by atoms with Gasteiger partial charge in [0.1, 0.15) is 17.5 Å². The molecule has 0 saturated heterocycles. The number of benzene rings is 2. The molecule has 0 amide bonds. The second kappa shape index (κ2) is 8.98. The van der Waals surface area contributed by atoms with E-state index in [9.17, 15) is 19.8 Å². The summed E-state index contributed by atoms with van der Waals surface area (Å²) in [6, 6.07) is 10.9. The molecular formula is C19H22N2O5. The number of carbonyl (C=O) groups excluding carboxylic acids is 2. The van der Waals surface area contributed by atoms with E-state index in [0.29, 0.717) is 0 Å². The summed E-state index contributed by atoms with van der Waals surface area (Å²) in [5.41, 5.74) is 13.2. The molecule has 0 aromatic heterocycles. The third-order valence-corrected chi connectivity index (χ3v) is 3.86. The zero-order chi connectivity index (χ0) is 19.1. The average Bonchev–Trinajstić information content (AvgIpc) is 2.63. The highest BCUT2D eigenvalue weighted by Gasteiger charge is 2.20. The van der Waals surface area contributed by atoms with Gasteiger partial charge >= 0.3 is 5.97 Å². The van der Waals surface area contributed by atoms with Gasteiger partial charge in [-0.1, -0.05) is 24.3 Å². The number of phenolic OH excluding ortho intramolecular Hbond substituents is 2. The second-order valence-corrected chi connectivity index (χ2v) is 6.03. The Labute approximate surface area is 151 Å². The number of nitrogens with two attached hydrogens (primary N) is 2. The zero-order valence-corrected chi connectivity index (χ0v) is 14.2. The third-order valence-electron chi connectivity index (χ3n) is 3.86. The molecule has 2 rings (SSSR count). The molecule has 0 aliphatic rings. The Balaban J connectivity index is 1.78. The maximum atomic E-state index is 12.0. The molecule has 2 aromatic carbocycles. The van der Waals surface area contributed by atoms with Crippen molar-refractivity contribution in [2.75, 3.05) is 6.61 Å². The van der Waals surface area contributed by atoms with Gasteiger partial charge in [-0.05, 0) is 48.2 Å². The number of hydrogen-bond donors (Lipinski definition) is 4. The summed E-state index contributed by atoms with van der Waals surface area (Å²) in [5.74, 6) is -0.852. The zero-order valence-electron chi connectivity index (χ0n) is 14.2. The number of Topliss-reactive ketones (excluding diaryl/α,β-unsaturated/α-hetero) is 1. The molecule has 138 valence electrons. The third kappa shape index (κ3) is 5.87. The lowest BCUT2D eigenvalue weighted by molar-refractivity contribution is -0.149. The quantitative estimate of drug-likeness (QED) is 0.509. The minimum Gasteiger partial charge on any atom is -0.508 e. The van der Waals surface area contributed by atoms with Gasteiger partial charge in [-0.3, -0.25) is 9.59 Å². The first kappa shape index (κ1) is 19.4. The maximum absolute atomic E-state index is 12.0. The number of ketones is 1. The topological polar surface area (TPSA) is 136 Å². The number of ether oxygens (including phenoxy) is 1. The molecule has 2 unspecified atom stereocenters. The van der Waals surface area contributed by atoms with Crippen molar-refractivity contribution >= 4 is 11.8 Å². The molecule has 0 aliphatic carbocycles. The maximum Gasteiger partial charge on any atom is 0.323 e. The van der Waals surface area contributed by atoms with Crippen LogP contribution in [-0.2, 0) is 27.2 Å². The summed E-state index contributed by atoms with van der Waals surface area (Å²) in [5, 5.41) is 18.5. The van der Waals surface area contributed by atoms with Crippen LogP contribution >= 0.6 is 0 Å². The molecule has 0 spiro atoms. The van der Waals surface area contributed by atoms with Gasteiger partial charge in [-0.25, -0.2) is 0 Å². The van der Waals surface area contributed by atoms with Gasteiger partial charge in [-0.15, -0.1) is 0 Å². The van der Waals surface area contributed by atoms with Crippen molar-refractivity contribution in [3.63, 3.8) is 0 Å². The van der Waals surface area contributed by atoms with Crippen molar-refractivity contribution in [3.05, 3.63) is 59.7 Å². The molecule has 7 nitrogen and oxygen atoms in total. The Kier molecular flexibility index (Phi) is 6.71. The van der Waals surface area contributed by atoms with E-state index in [4.69, 9.17) is 16.2 Å². The molecule has 0 fully saturated rings.